The highest BCUT2D eigenvalue weighted by molar-refractivity contribution is 5.88. The van der Waals surface area contributed by atoms with Gasteiger partial charge in [-0.05, 0) is 37.0 Å². The molecule has 0 bridgehead atoms. The summed E-state index contributed by atoms with van der Waals surface area (Å²) >= 11 is 0. The van der Waals surface area contributed by atoms with Crippen molar-refractivity contribution in [2.45, 2.75) is 45.3 Å². The van der Waals surface area contributed by atoms with E-state index in [-0.39, 0.29) is 12.6 Å². The fourth-order valence-electron chi connectivity index (χ4n) is 2.92. The van der Waals surface area contributed by atoms with E-state index in [0.29, 0.717) is 23.6 Å². The summed E-state index contributed by atoms with van der Waals surface area (Å²) in [5, 5.41) is 13.4. The Bertz CT molecular complexity index is 781. The van der Waals surface area contributed by atoms with E-state index in [0.717, 1.165) is 24.5 Å². The van der Waals surface area contributed by atoms with Crippen LogP contribution in [-0.4, -0.2) is 27.6 Å². The number of rotatable bonds is 6. The second-order valence-electron chi connectivity index (χ2n) is 6.84. The first kappa shape index (κ1) is 19.2. The van der Waals surface area contributed by atoms with Gasteiger partial charge < -0.3 is 5.32 Å². The summed E-state index contributed by atoms with van der Waals surface area (Å²) in [6.45, 7) is 2.63. The smallest absolute Gasteiger partial charge is 0.338 e. The lowest BCUT2D eigenvalue weighted by atomic mass is 9.83. The third-order valence-electron chi connectivity index (χ3n) is 4.89. The molecule has 0 atom stereocenters. The Hall–Kier alpha value is -2.58. The minimum absolute atomic E-state index is 0.266. The predicted octanol–water partition coefficient (Wildman–Crippen LogP) is 3.97. The monoisotopic (exact) mass is 381 g/mol. The van der Waals surface area contributed by atoms with E-state index in [1.807, 2.05) is 0 Å². The molecule has 146 valence electrons. The molecule has 2 aromatic rings. The first-order chi connectivity index (χ1) is 12.8. The summed E-state index contributed by atoms with van der Waals surface area (Å²) in [7, 11) is 0. The van der Waals surface area contributed by atoms with Gasteiger partial charge in [0.15, 0.2) is 5.82 Å². The van der Waals surface area contributed by atoms with Crippen molar-refractivity contribution in [1.29, 1.82) is 0 Å². The Labute approximate surface area is 155 Å². The highest BCUT2D eigenvalue weighted by atomic mass is 19.4. The van der Waals surface area contributed by atoms with Crippen LogP contribution in [0, 0.1) is 12.8 Å². The van der Waals surface area contributed by atoms with E-state index in [4.69, 9.17) is 0 Å². The zero-order chi connectivity index (χ0) is 19.4. The Kier molecular flexibility index (Phi) is 5.67. The van der Waals surface area contributed by atoms with Gasteiger partial charge in [-0.1, -0.05) is 36.6 Å². The molecule has 1 aromatic carbocycles. The number of alkyl halides is 3. The van der Waals surface area contributed by atoms with E-state index in [1.54, 1.807) is 6.92 Å². The molecule has 0 spiro atoms. The van der Waals surface area contributed by atoms with Gasteiger partial charge in [-0.25, -0.2) is 9.48 Å². The minimum Gasteiger partial charge on any atom is -0.338 e. The third kappa shape index (κ3) is 4.99. The predicted molar refractivity (Wildman–Crippen MR) is 94.3 cm³/mol. The molecule has 1 heterocycles. The standard InChI is InChI=1S/C18H22F3N5O/c1-12-16(23-17(27)22-10-9-13-3-2-4-13)24-25-26(12)11-14-5-7-15(8-6-14)18(19,20)21/h5-8,13H,2-4,9-11H2,1H3,(H2,22,23,27). The van der Waals surface area contributed by atoms with Crippen molar-refractivity contribution in [2.75, 3.05) is 11.9 Å². The molecule has 1 aromatic heterocycles. The molecular formula is C18H22F3N5O. The Morgan fingerprint density at radius 1 is 1.26 bits per heavy atom. The SMILES string of the molecule is Cc1c(NC(=O)NCCC2CCC2)nnn1Cc1ccc(C(F)(F)F)cc1. The molecule has 0 radical (unpaired) electrons. The van der Waals surface area contributed by atoms with Crippen LogP contribution in [0.4, 0.5) is 23.8 Å². The Morgan fingerprint density at radius 2 is 1.96 bits per heavy atom. The molecule has 1 aliphatic carbocycles. The van der Waals surface area contributed by atoms with Gasteiger partial charge in [-0.3, -0.25) is 5.32 Å². The van der Waals surface area contributed by atoms with Crippen molar-refractivity contribution in [3.63, 3.8) is 0 Å². The van der Waals surface area contributed by atoms with Gasteiger partial charge in [0, 0.05) is 6.54 Å². The van der Waals surface area contributed by atoms with Gasteiger partial charge in [-0.15, -0.1) is 5.10 Å². The molecule has 6 nitrogen and oxygen atoms in total. The largest absolute Gasteiger partial charge is 0.416 e. The Balaban J connectivity index is 1.54. The van der Waals surface area contributed by atoms with Gasteiger partial charge >= 0.3 is 12.2 Å². The number of carbonyl (C=O) groups excluding carboxylic acids is 1. The minimum atomic E-state index is -4.36. The first-order valence-electron chi connectivity index (χ1n) is 8.94. The number of urea groups is 1. The van der Waals surface area contributed by atoms with Gasteiger partial charge in [-0.2, -0.15) is 13.2 Å². The van der Waals surface area contributed by atoms with Gasteiger partial charge in [0.2, 0.25) is 0 Å². The van der Waals surface area contributed by atoms with E-state index >= 15 is 0 Å². The summed E-state index contributed by atoms with van der Waals surface area (Å²) < 4.78 is 39.4. The van der Waals surface area contributed by atoms with Gasteiger partial charge in [0.25, 0.3) is 0 Å². The maximum atomic E-state index is 12.6. The number of nitrogens with zero attached hydrogens (tertiary/aromatic N) is 3. The maximum Gasteiger partial charge on any atom is 0.416 e. The van der Waals surface area contributed by atoms with E-state index in [9.17, 15) is 18.0 Å². The summed E-state index contributed by atoms with van der Waals surface area (Å²) in [6, 6.07) is 4.56. The molecule has 0 unspecified atom stereocenters. The molecule has 2 N–H and O–H groups in total. The van der Waals surface area contributed by atoms with Crippen LogP contribution in [0.1, 0.15) is 42.5 Å². The van der Waals surface area contributed by atoms with Crippen molar-refractivity contribution in [3.8, 4) is 0 Å². The fourth-order valence-corrected chi connectivity index (χ4v) is 2.92. The average molecular weight is 381 g/mol. The molecule has 0 aliphatic heterocycles. The van der Waals surface area contributed by atoms with E-state index < -0.39 is 11.7 Å². The lowest BCUT2D eigenvalue weighted by Gasteiger charge is -2.25. The molecule has 3 rings (SSSR count). The van der Waals surface area contributed by atoms with Gasteiger partial charge in [0.1, 0.15) is 0 Å². The lowest BCUT2D eigenvalue weighted by molar-refractivity contribution is -0.137. The number of hydrogen-bond acceptors (Lipinski definition) is 3. The highest BCUT2D eigenvalue weighted by Crippen LogP contribution is 2.29. The van der Waals surface area contributed by atoms with Crippen LogP contribution in [-0.2, 0) is 12.7 Å². The van der Waals surface area contributed by atoms with Crippen molar-refractivity contribution in [3.05, 3.63) is 41.1 Å². The third-order valence-corrected chi connectivity index (χ3v) is 4.89. The first-order valence-corrected chi connectivity index (χ1v) is 8.94. The summed E-state index contributed by atoms with van der Waals surface area (Å²) in [4.78, 5) is 11.9. The van der Waals surface area contributed by atoms with Crippen molar-refractivity contribution >= 4 is 11.8 Å². The summed E-state index contributed by atoms with van der Waals surface area (Å²) in [5.74, 6) is 1.06. The molecule has 1 fully saturated rings. The van der Waals surface area contributed by atoms with Crippen LogP contribution in [0.15, 0.2) is 24.3 Å². The molecule has 1 saturated carbocycles. The molecule has 27 heavy (non-hydrogen) atoms. The lowest BCUT2D eigenvalue weighted by Crippen LogP contribution is -2.31. The molecular weight excluding hydrogens is 359 g/mol. The van der Waals surface area contributed by atoms with Crippen LogP contribution in [0.25, 0.3) is 0 Å². The number of aromatic nitrogens is 3. The van der Waals surface area contributed by atoms with Crippen molar-refractivity contribution < 1.29 is 18.0 Å². The zero-order valence-electron chi connectivity index (χ0n) is 15.0. The van der Waals surface area contributed by atoms with Crippen LogP contribution in [0.5, 0.6) is 0 Å². The molecule has 0 saturated heterocycles. The van der Waals surface area contributed by atoms with Crippen LogP contribution in [0.3, 0.4) is 0 Å². The van der Waals surface area contributed by atoms with Crippen molar-refractivity contribution in [2.24, 2.45) is 5.92 Å². The topological polar surface area (TPSA) is 71.8 Å². The average Bonchev–Trinajstić information content (AvgIpc) is 2.90. The fraction of sp³-hybridized carbons (Fsp3) is 0.500. The second kappa shape index (κ2) is 7.98. The number of amides is 2. The summed E-state index contributed by atoms with van der Waals surface area (Å²) in [6.07, 6.45) is 0.372. The molecule has 9 heteroatoms. The van der Waals surface area contributed by atoms with Gasteiger partial charge in [0.05, 0.1) is 17.8 Å². The number of halogens is 3. The summed E-state index contributed by atoms with van der Waals surface area (Å²) in [5.41, 5.74) is 0.596. The molecule has 1 aliphatic rings. The number of anilines is 1. The zero-order valence-corrected chi connectivity index (χ0v) is 15.0. The Morgan fingerprint density at radius 3 is 2.56 bits per heavy atom. The number of benzene rings is 1. The van der Waals surface area contributed by atoms with E-state index in [1.165, 1.54) is 36.1 Å². The van der Waals surface area contributed by atoms with Crippen LogP contribution < -0.4 is 10.6 Å². The van der Waals surface area contributed by atoms with Crippen LogP contribution in [0.2, 0.25) is 0 Å². The highest BCUT2D eigenvalue weighted by Gasteiger charge is 2.30. The maximum absolute atomic E-state index is 12.6. The normalized spacial score (nSPS) is 14.7. The van der Waals surface area contributed by atoms with E-state index in [2.05, 4.69) is 20.9 Å². The number of hydrogen-bond donors (Lipinski definition) is 2. The van der Waals surface area contributed by atoms with Crippen molar-refractivity contribution in [1.82, 2.24) is 20.3 Å². The quantitative estimate of drug-likeness (QED) is 0.795. The number of nitrogens with one attached hydrogen (secondary N) is 2. The second-order valence-corrected chi connectivity index (χ2v) is 6.84. The number of carbonyl (C=O) groups is 1. The molecule has 2 amide bonds. The van der Waals surface area contributed by atoms with Crippen LogP contribution >= 0.6 is 0 Å².